The van der Waals surface area contributed by atoms with Gasteiger partial charge in [-0.3, -0.25) is 14.5 Å². The van der Waals surface area contributed by atoms with Gasteiger partial charge in [0.25, 0.3) is 0 Å². The summed E-state index contributed by atoms with van der Waals surface area (Å²) in [4.78, 5) is 36.2. The number of nitrogens with one attached hydrogen (secondary N) is 1. The monoisotopic (exact) mass is 676 g/mol. The summed E-state index contributed by atoms with van der Waals surface area (Å²) in [6.07, 6.45) is 0.820. The maximum Gasteiger partial charge on any atom is 0.306 e. The molecule has 4 heterocycles. The largest absolute Gasteiger partial charge is 0.481 e. The first-order chi connectivity index (χ1) is 23.6. The minimum absolute atomic E-state index is 0.119. The fourth-order valence-corrected chi connectivity index (χ4v) is 8.38. The van der Waals surface area contributed by atoms with Crippen LogP contribution in [0.1, 0.15) is 57.5 Å². The molecule has 3 aliphatic rings. The first-order valence-electron chi connectivity index (χ1n) is 16.7. The van der Waals surface area contributed by atoms with Crippen molar-refractivity contribution in [3.05, 3.63) is 86.9 Å². The van der Waals surface area contributed by atoms with E-state index in [0.717, 1.165) is 73.3 Å². The predicted molar refractivity (Wildman–Crippen MR) is 189 cm³/mol. The van der Waals surface area contributed by atoms with Gasteiger partial charge in [-0.15, -0.1) is 11.3 Å². The van der Waals surface area contributed by atoms with E-state index < -0.39 is 12.2 Å². The zero-order valence-corrected chi connectivity index (χ0v) is 29.1. The molecule has 0 bridgehead atoms. The molecule has 2 N–H and O–H groups in total. The van der Waals surface area contributed by atoms with Crippen LogP contribution in [0, 0.1) is 31.1 Å². The van der Waals surface area contributed by atoms with E-state index in [4.69, 9.17) is 9.72 Å². The Morgan fingerprint density at radius 1 is 1.06 bits per heavy atom. The molecule has 1 unspecified atom stereocenters. The number of anilines is 1. The van der Waals surface area contributed by atoms with E-state index in [1.54, 1.807) is 11.3 Å². The normalized spacial score (nSPS) is 17.4. The Labute approximate surface area is 290 Å². The Bertz CT molecular complexity index is 1970. The number of ether oxygens (including phenoxy) is 1. The van der Waals surface area contributed by atoms with Gasteiger partial charge in [0.15, 0.2) is 12.0 Å². The molecule has 0 radical (unpaired) electrons. The smallest absolute Gasteiger partial charge is 0.306 e. The van der Waals surface area contributed by atoms with Crippen molar-refractivity contribution < 1.29 is 19.4 Å². The number of hydrogen-bond donors (Lipinski definition) is 2. The van der Waals surface area contributed by atoms with Gasteiger partial charge in [0.2, 0.25) is 5.91 Å². The minimum Gasteiger partial charge on any atom is -0.481 e. The minimum atomic E-state index is -0.719. The molecule has 252 valence electrons. The summed E-state index contributed by atoms with van der Waals surface area (Å²) in [6, 6.07) is 18.8. The van der Waals surface area contributed by atoms with E-state index >= 15 is 0 Å². The highest BCUT2D eigenvalue weighted by atomic mass is 32.1. The Balaban J connectivity index is 1.10. The van der Waals surface area contributed by atoms with Crippen LogP contribution in [-0.2, 0) is 29.2 Å². The number of rotatable bonds is 8. The average molecular weight is 677 g/mol. The van der Waals surface area contributed by atoms with Crippen molar-refractivity contribution in [1.29, 1.82) is 5.26 Å². The summed E-state index contributed by atoms with van der Waals surface area (Å²) in [6.45, 7) is 7.90. The summed E-state index contributed by atoms with van der Waals surface area (Å²) in [5.74, 6) is -0.322. The Morgan fingerprint density at radius 2 is 1.78 bits per heavy atom. The molecule has 0 aliphatic carbocycles. The van der Waals surface area contributed by atoms with Gasteiger partial charge >= 0.3 is 5.97 Å². The third kappa shape index (κ3) is 6.39. The van der Waals surface area contributed by atoms with Crippen LogP contribution < -0.4 is 10.1 Å². The fourth-order valence-electron chi connectivity index (χ4n) is 7.21. The fraction of sp³-hybridized carbons (Fsp3) is 0.368. The SMILES string of the molecule is Cc1c(-c2nc3c(s2)CN(C(=O)CN(C)C)C3)cccc1-c1cccc(C2Nc3cc(CN4CCC(C(=O)O)CC4)cc(C#N)c3O2)c1C. The Hall–Kier alpha value is -4.76. The van der Waals surface area contributed by atoms with Crippen molar-refractivity contribution >= 4 is 28.9 Å². The summed E-state index contributed by atoms with van der Waals surface area (Å²) >= 11 is 1.67. The molecule has 11 heteroatoms. The van der Waals surface area contributed by atoms with Gasteiger partial charge in [-0.2, -0.15) is 5.26 Å². The van der Waals surface area contributed by atoms with Crippen molar-refractivity contribution in [3.8, 4) is 33.5 Å². The molecule has 4 aromatic rings. The molecule has 0 spiro atoms. The molecule has 10 nitrogen and oxygen atoms in total. The number of aliphatic carboxylic acids is 1. The molecule has 3 aromatic carbocycles. The molecular formula is C38H40N6O4S. The zero-order chi connectivity index (χ0) is 34.4. The number of carbonyl (C=O) groups is 2. The van der Waals surface area contributed by atoms with Gasteiger partial charge in [-0.1, -0.05) is 36.4 Å². The lowest BCUT2D eigenvalue weighted by molar-refractivity contribution is -0.143. The number of hydrogen-bond acceptors (Lipinski definition) is 9. The quantitative estimate of drug-likeness (QED) is 0.226. The van der Waals surface area contributed by atoms with Gasteiger partial charge in [0.1, 0.15) is 11.1 Å². The number of nitriles is 1. The number of carbonyl (C=O) groups excluding carboxylic acids is 1. The molecule has 1 fully saturated rings. The summed E-state index contributed by atoms with van der Waals surface area (Å²) in [5, 5.41) is 23.9. The predicted octanol–water partition coefficient (Wildman–Crippen LogP) is 6.17. The number of likely N-dealkylation sites (tertiary alicyclic amines) is 1. The number of fused-ring (bicyclic) bond motifs is 2. The van der Waals surface area contributed by atoms with Crippen LogP contribution in [0.4, 0.5) is 5.69 Å². The Morgan fingerprint density at radius 3 is 2.47 bits per heavy atom. The van der Waals surface area contributed by atoms with Crippen LogP contribution >= 0.6 is 11.3 Å². The van der Waals surface area contributed by atoms with Crippen LogP contribution in [0.3, 0.4) is 0 Å². The number of carboxylic acid groups (broad SMARTS) is 1. The van der Waals surface area contributed by atoms with Crippen LogP contribution in [-0.4, -0.2) is 70.4 Å². The maximum absolute atomic E-state index is 12.6. The number of benzene rings is 3. The molecule has 1 atom stereocenters. The number of piperidine rings is 1. The lowest BCUT2D eigenvalue weighted by Gasteiger charge is -2.30. The van der Waals surface area contributed by atoms with Gasteiger partial charge in [0, 0.05) is 22.5 Å². The second-order valence-corrected chi connectivity index (χ2v) is 14.6. The summed E-state index contributed by atoms with van der Waals surface area (Å²) in [7, 11) is 3.81. The first-order valence-corrected chi connectivity index (χ1v) is 17.5. The second kappa shape index (κ2) is 13.3. The van der Waals surface area contributed by atoms with Crippen LogP contribution in [0.5, 0.6) is 5.75 Å². The van der Waals surface area contributed by atoms with Gasteiger partial charge in [-0.25, -0.2) is 4.98 Å². The highest BCUT2D eigenvalue weighted by molar-refractivity contribution is 7.15. The van der Waals surface area contributed by atoms with Crippen molar-refractivity contribution in [2.75, 3.05) is 39.0 Å². The lowest BCUT2D eigenvalue weighted by atomic mass is 9.91. The number of likely N-dealkylation sites (N-methyl/N-ethyl adjacent to an activating group) is 1. The topological polar surface area (TPSA) is 122 Å². The van der Waals surface area contributed by atoms with E-state index in [-0.39, 0.29) is 11.8 Å². The molecule has 3 aliphatic heterocycles. The van der Waals surface area contributed by atoms with Crippen molar-refractivity contribution in [2.45, 2.75) is 52.6 Å². The third-order valence-electron chi connectivity index (χ3n) is 9.90. The molecule has 1 amide bonds. The molecule has 49 heavy (non-hydrogen) atoms. The van der Waals surface area contributed by atoms with Crippen molar-refractivity contribution in [2.24, 2.45) is 5.92 Å². The highest BCUT2D eigenvalue weighted by Gasteiger charge is 2.31. The van der Waals surface area contributed by atoms with E-state index in [1.165, 1.54) is 0 Å². The standard InChI is InChI=1S/C38H40N6O4S/c1-22-27(28-8-6-10-30(23(28)2)37-41-32-19-44(20-33(32)49-37)34(45)21-42(3)4)7-5-9-29(22)36-40-31-16-24(15-26(17-39)35(31)48-36)18-43-13-11-25(12-14-43)38(46)47/h5-10,15-16,25,36,40H,11-14,18-21H2,1-4H3,(H,46,47). The second-order valence-electron chi connectivity index (χ2n) is 13.5. The van der Waals surface area contributed by atoms with Crippen molar-refractivity contribution in [1.82, 2.24) is 19.7 Å². The number of aromatic nitrogens is 1. The van der Waals surface area contributed by atoms with Crippen LogP contribution in [0.15, 0.2) is 48.5 Å². The summed E-state index contributed by atoms with van der Waals surface area (Å²) < 4.78 is 6.43. The molecule has 0 saturated carbocycles. The van der Waals surface area contributed by atoms with Gasteiger partial charge < -0.3 is 25.0 Å². The average Bonchev–Trinajstić information content (AvgIpc) is 3.79. The molecule has 1 aromatic heterocycles. The molecule has 7 rings (SSSR count). The lowest BCUT2D eigenvalue weighted by Crippen LogP contribution is -2.35. The summed E-state index contributed by atoms with van der Waals surface area (Å²) in [5.41, 5.74) is 9.81. The maximum atomic E-state index is 12.6. The third-order valence-corrected chi connectivity index (χ3v) is 11.0. The van der Waals surface area contributed by atoms with E-state index in [0.29, 0.717) is 50.3 Å². The number of thiazole rings is 1. The Kier molecular flexibility index (Phi) is 8.88. The first kappa shape index (κ1) is 32.8. The van der Waals surface area contributed by atoms with Gasteiger partial charge in [-0.05, 0) is 93.8 Å². The van der Waals surface area contributed by atoms with E-state index in [1.807, 2.05) is 36.0 Å². The number of carboxylic acids is 1. The van der Waals surface area contributed by atoms with Crippen LogP contribution in [0.25, 0.3) is 21.7 Å². The van der Waals surface area contributed by atoms with Crippen LogP contribution in [0.2, 0.25) is 0 Å². The molecule has 1 saturated heterocycles. The van der Waals surface area contributed by atoms with E-state index in [2.05, 4.69) is 66.5 Å². The zero-order valence-electron chi connectivity index (χ0n) is 28.2. The number of nitrogens with zero attached hydrogens (tertiary/aromatic N) is 5. The highest BCUT2D eigenvalue weighted by Crippen LogP contribution is 2.44. The van der Waals surface area contributed by atoms with E-state index in [9.17, 15) is 20.0 Å². The molecular weight excluding hydrogens is 637 g/mol. The van der Waals surface area contributed by atoms with Crippen molar-refractivity contribution in [3.63, 3.8) is 0 Å². The van der Waals surface area contributed by atoms with Gasteiger partial charge in [0.05, 0.1) is 42.5 Å². The number of amides is 1.